The number of carbonyl (C=O) groups excluding carboxylic acids is 1. The van der Waals surface area contributed by atoms with E-state index < -0.39 is 17.2 Å². The number of aryl methyl sites for hydroxylation is 1. The van der Waals surface area contributed by atoms with Crippen molar-refractivity contribution in [2.45, 2.75) is 13.3 Å². The van der Waals surface area contributed by atoms with Gasteiger partial charge in [0.05, 0.1) is 18.6 Å². The third-order valence-electron chi connectivity index (χ3n) is 3.03. The third kappa shape index (κ3) is 3.56. The lowest BCUT2D eigenvalue weighted by Crippen LogP contribution is -2.29. The summed E-state index contributed by atoms with van der Waals surface area (Å²) in [6.07, 6.45) is -0.165. The van der Waals surface area contributed by atoms with Crippen molar-refractivity contribution in [3.05, 3.63) is 55.3 Å². The lowest BCUT2D eigenvalue weighted by atomic mass is 10.1. The molecule has 0 unspecified atom stereocenters. The van der Waals surface area contributed by atoms with Crippen LogP contribution in [0.25, 0.3) is 0 Å². The molecule has 1 aromatic heterocycles. The molecule has 0 fully saturated rings. The van der Waals surface area contributed by atoms with Crippen molar-refractivity contribution in [2.24, 2.45) is 0 Å². The molecule has 116 valence electrons. The molecule has 1 aromatic carbocycles. The second-order valence-electron chi connectivity index (χ2n) is 4.59. The van der Waals surface area contributed by atoms with Gasteiger partial charge in [-0.3, -0.25) is 14.6 Å². The SMILES string of the molecule is COc1ccc(NC(=O)Cc2c(C)[nH]c(=O)[nH]c2=O)cc1Cl. The van der Waals surface area contributed by atoms with Gasteiger partial charge in [0.1, 0.15) is 5.75 Å². The highest BCUT2D eigenvalue weighted by atomic mass is 35.5. The first-order valence-corrected chi connectivity index (χ1v) is 6.74. The molecule has 2 rings (SSSR count). The van der Waals surface area contributed by atoms with Crippen molar-refractivity contribution >= 4 is 23.2 Å². The quantitative estimate of drug-likeness (QED) is 0.786. The van der Waals surface area contributed by atoms with Crippen molar-refractivity contribution in [1.29, 1.82) is 0 Å². The van der Waals surface area contributed by atoms with Crippen LogP contribution >= 0.6 is 11.6 Å². The Balaban J connectivity index is 2.16. The molecule has 0 spiro atoms. The standard InChI is InChI=1S/C14H14ClN3O4/c1-7-9(13(20)18-14(21)16-7)6-12(19)17-8-3-4-11(22-2)10(15)5-8/h3-5H,6H2,1-2H3,(H,17,19)(H2,16,18,20,21). The van der Waals surface area contributed by atoms with Crippen molar-refractivity contribution in [2.75, 3.05) is 12.4 Å². The van der Waals surface area contributed by atoms with E-state index in [-0.39, 0.29) is 12.0 Å². The van der Waals surface area contributed by atoms with Crippen LogP contribution in [0, 0.1) is 6.92 Å². The molecule has 7 nitrogen and oxygen atoms in total. The van der Waals surface area contributed by atoms with Crippen LogP contribution < -0.4 is 21.3 Å². The fourth-order valence-electron chi connectivity index (χ4n) is 1.95. The number of methoxy groups -OCH3 is 1. The molecule has 0 saturated heterocycles. The van der Waals surface area contributed by atoms with Crippen LogP contribution in [0.4, 0.5) is 5.69 Å². The van der Waals surface area contributed by atoms with E-state index in [0.29, 0.717) is 22.2 Å². The number of aromatic nitrogens is 2. The first kappa shape index (κ1) is 15.8. The van der Waals surface area contributed by atoms with E-state index >= 15 is 0 Å². The number of ether oxygens (including phenoxy) is 1. The summed E-state index contributed by atoms with van der Waals surface area (Å²) in [6.45, 7) is 1.56. The first-order chi connectivity index (χ1) is 10.4. The molecule has 8 heteroatoms. The van der Waals surface area contributed by atoms with Gasteiger partial charge in [-0.15, -0.1) is 0 Å². The number of rotatable bonds is 4. The molecule has 0 radical (unpaired) electrons. The number of halogens is 1. The van der Waals surface area contributed by atoms with Crippen molar-refractivity contribution in [3.63, 3.8) is 0 Å². The van der Waals surface area contributed by atoms with Gasteiger partial charge in [0.2, 0.25) is 5.91 Å². The minimum Gasteiger partial charge on any atom is -0.495 e. The number of anilines is 1. The smallest absolute Gasteiger partial charge is 0.325 e. The maximum Gasteiger partial charge on any atom is 0.325 e. The summed E-state index contributed by atoms with van der Waals surface area (Å²) in [5.74, 6) is 0.0921. The van der Waals surface area contributed by atoms with Gasteiger partial charge in [0, 0.05) is 16.9 Å². The van der Waals surface area contributed by atoms with Gasteiger partial charge < -0.3 is 15.0 Å². The predicted octanol–water partition coefficient (Wildman–Crippen LogP) is 1.21. The maximum atomic E-state index is 12.0. The highest BCUT2D eigenvalue weighted by molar-refractivity contribution is 6.32. The lowest BCUT2D eigenvalue weighted by molar-refractivity contribution is -0.115. The molecule has 22 heavy (non-hydrogen) atoms. The topological polar surface area (TPSA) is 104 Å². The summed E-state index contributed by atoms with van der Waals surface area (Å²) in [5.41, 5.74) is -0.138. The predicted molar refractivity (Wildman–Crippen MR) is 82.8 cm³/mol. The van der Waals surface area contributed by atoms with Crippen LogP contribution in [0.15, 0.2) is 27.8 Å². The van der Waals surface area contributed by atoms with E-state index in [1.165, 1.54) is 7.11 Å². The second kappa shape index (κ2) is 6.48. The number of hydrogen-bond acceptors (Lipinski definition) is 4. The molecule has 1 heterocycles. The Morgan fingerprint density at radius 1 is 1.32 bits per heavy atom. The number of nitrogens with one attached hydrogen (secondary N) is 3. The molecule has 0 bridgehead atoms. The Morgan fingerprint density at radius 2 is 2.05 bits per heavy atom. The van der Waals surface area contributed by atoms with E-state index in [1.54, 1.807) is 25.1 Å². The van der Waals surface area contributed by atoms with Crippen molar-refractivity contribution < 1.29 is 9.53 Å². The normalized spacial score (nSPS) is 10.3. The van der Waals surface area contributed by atoms with Gasteiger partial charge in [-0.25, -0.2) is 4.79 Å². The fraction of sp³-hybridized carbons (Fsp3) is 0.214. The van der Waals surface area contributed by atoms with E-state index in [9.17, 15) is 14.4 Å². The number of carbonyl (C=O) groups is 1. The fourth-order valence-corrected chi connectivity index (χ4v) is 2.21. The van der Waals surface area contributed by atoms with E-state index in [4.69, 9.17) is 16.3 Å². The Bertz CT molecular complexity index is 826. The van der Waals surface area contributed by atoms with Gasteiger partial charge in [0.25, 0.3) is 5.56 Å². The maximum absolute atomic E-state index is 12.0. The van der Waals surface area contributed by atoms with Gasteiger partial charge in [-0.2, -0.15) is 0 Å². The summed E-state index contributed by atoms with van der Waals surface area (Å²) in [6, 6.07) is 4.80. The summed E-state index contributed by atoms with van der Waals surface area (Å²) in [4.78, 5) is 39.3. The molecule has 0 saturated carbocycles. The molecule has 0 atom stereocenters. The zero-order valence-electron chi connectivity index (χ0n) is 12.0. The van der Waals surface area contributed by atoms with Gasteiger partial charge in [-0.1, -0.05) is 11.6 Å². The zero-order chi connectivity index (χ0) is 16.3. The van der Waals surface area contributed by atoms with Crippen molar-refractivity contribution in [1.82, 2.24) is 9.97 Å². The lowest BCUT2D eigenvalue weighted by Gasteiger charge is -2.08. The van der Waals surface area contributed by atoms with E-state index in [1.807, 2.05) is 0 Å². The number of benzene rings is 1. The summed E-state index contributed by atoms with van der Waals surface area (Å²) in [7, 11) is 1.49. The molecule has 0 aliphatic carbocycles. The van der Waals surface area contributed by atoms with Crippen LogP contribution in [0.3, 0.4) is 0 Å². The average molecular weight is 324 g/mol. The average Bonchev–Trinajstić information content (AvgIpc) is 2.43. The summed E-state index contributed by atoms with van der Waals surface area (Å²) in [5, 5.41) is 2.99. The number of hydrogen-bond donors (Lipinski definition) is 3. The molecule has 2 aromatic rings. The summed E-state index contributed by atoms with van der Waals surface area (Å²) >= 11 is 5.97. The van der Waals surface area contributed by atoms with Crippen LogP contribution in [0.1, 0.15) is 11.3 Å². The Morgan fingerprint density at radius 3 is 2.64 bits per heavy atom. The number of H-pyrrole nitrogens is 2. The molecule has 0 aliphatic heterocycles. The first-order valence-electron chi connectivity index (χ1n) is 6.36. The number of aromatic amines is 2. The molecular weight excluding hydrogens is 310 g/mol. The highest BCUT2D eigenvalue weighted by Crippen LogP contribution is 2.27. The monoisotopic (exact) mass is 323 g/mol. The largest absolute Gasteiger partial charge is 0.495 e. The summed E-state index contributed by atoms with van der Waals surface area (Å²) < 4.78 is 5.02. The highest BCUT2D eigenvalue weighted by Gasteiger charge is 2.12. The molecular formula is C14H14ClN3O4. The minimum absolute atomic E-state index is 0.165. The van der Waals surface area contributed by atoms with Crippen molar-refractivity contribution in [3.8, 4) is 5.75 Å². The Hall–Kier alpha value is -2.54. The molecule has 3 N–H and O–H groups in total. The molecule has 1 amide bonds. The van der Waals surface area contributed by atoms with Gasteiger partial charge in [-0.05, 0) is 25.1 Å². The van der Waals surface area contributed by atoms with Crippen LogP contribution in [0.5, 0.6) is 5.75 Å². The van der Waals surface area contributed by atoms with Crippen LogP contribution in [0.2, 0.25) is 5.02 Å². The minimum atomic E-state index is -0.603. The van der Waals surface area contributed by atoms with Gasteiger partial charge >= 0.3 is 5.69 Å². The number of amides is 1. The Labute approximate surface area is 130 Å². The van der Waals surface area contributed by atoms with Gasteiger partial charge in [0.15, 0.2) is 0 Å². The van der Waals surface area contributed by atoms with E-state index in [2.05, 4.69) is 15.3 Å². The third-order valence-corrected chi connectivity index (χ3v) is 3.32. The molecule has 0 aliphatic rings. The zero-order valence-corrected chi connectivity index (χ0v) is 12.7. The Kier molecular flexibility index (Phi) is 4.67. The van der Waals surface area contributed by atoms with E-state index in [0.717, 1.165) is 0 Å². The van der Waals surface area contributed by atoms with Crippen LogP contribution in [-0.2, 0) is 11.2 Å². The van der Waals surface area contributed by atoms with Crippen LogP contribution in [-0.4, -0.2) is 23.0 Å². The second-order valence-corrected chi connectivity index (χ2v) is 4.99.